The van der Waals surface area contributed by atoms with Gasteiger partial charge in [-0.25, -0.2) is 5.01 Å². The molecule has 7 nitrogen and oxygen atoms in total. The Labute approximate surface area is 137 Å². The van der Waals surface area contributed by atoms with E-state index in [2.05, 4.69) is 15.1 Å². The first-order valence-corrected chi connectivity index (χ1v) is 9.03. The fraction of sp³-hybridized carbons (Fsp3) is 0.467. The first kappa shape index (κ1) is 17.2. The van der Waals surface area contributed by atoms with Crippen molar-refractivity contribution in [1.82, 2.24) is 15.8 Å². The zero-order valence-corrected chi connectivity index (χ0v) is 13.9. The summed E-state index contributed by atoms with van der Waals surface area (Å²) in [5.41, 5.74) is 3.87. The molecule has 1 aromatic carbocycles. The third-order valence-electron chi connectivity index (χ3n) is 3.57. The van der Waals surface area contributed by atoms with E-state index in [9.17, 15) is 8.42 Å². The van der Waals surface area contributed by atoms with Crippen LogP contribution < -0.4 is 10.7 Å². The molecule has 0 atom stereocenters. The molecule has 2 N–H and O–H groups in total. The average molecular weight is 335 g/mol. The zero-order valence-electron chi connectivity index (χ0n) is 13.1. The summed E-state index contributed by atoms with van der Waals surface area (Å²) in [5, 5.41) is 13.0. The molecular formula is C15H21N5O2S. The van der Waals surface area contributed by atoms with Crippen LogP contribution in [0.5, 0.6) is 0 Å². The Morgan fingerprint density at radius 3 is 2.35 bits per heavy atom. The Hall–Kier alpha value is -2.11. The zero-order chi connectivity index (χ0) is 16.7. The van der Waals surface area contributed by atoms with Gasteiger partial charge in [-0.2, -0.15) is 13.7 Å². The number of hydrazine groups is 1. The van der Waals surface area contributed by atoms with Gasteiger partial charge in [0.15, 0.2) is 6.19 Å². The van der Waals surface area contributed by atoms with E-state index in [1.807, 2.05) is 11.9 Å². The minimum absolute atomic E-state index is 0.0741. The van der Waals surface area contributed by atoms with Gasteiger partial charge in [-0.3, -0.25) is 10.7 Å². The fourth-order valence-corrected chi connectivity index (χ4v) is 3.25. The third kappa shape index (κ3) is 5.23. The molecule has 1 aliphatic heterocycles. The van der Waals surface area contributed by atoms with Gasteiger partial charge < -0.3 is 0 Å². The molecule has 0 amide bonds. The summed E-state index contributed by atoms with van der Waals surface area (Å²) in [6.07, 6.45) is 6.07. The molecule has 8 heteroatoms. The van der Waals surface area contributed by atoms with Crippen molar-refractivity contribution < 1.29 is 8.42 Å². The molecule has 23 heavy (non-hydrogen) atoms. The van der Waals surface area contributed by atoms with Crippen LogP contribution in [0, 0.1) is 18.4 Å². The van der Waals surface area contributed by atoms with Crippen LogP contribution in [-0.4, -0.2) is 32.5 Å². The average Bonchev–Trinajstić information content (AvgIpc) is 2.76. The second kappa shape index (κ2) is 7.94. The normalized spacial score (nSPS) is 17.1. The topological polar surface area (TPSA) is 97.6 Å². The lowest BCUT2D eigenvalue weighted by Crippen LogP contribution is -2.47. The first-order chi connectivity index (χ1) is 11.0. The van der Waals surface area contributed by atoms with Gasteiger partial charge in [0.2, 0.25) is 5.96 Å². The summed E-state index contributed by atoms with van der Waals surface area (Å²) < 4.78 is 28.4. The number of nitrogens with one attached hydrogen (secondary N) is 2. The smallest absolute Gasteiger partial charge is 0.285 e. The van der Waals surface area contributed by atoms with Crippen molar-refractivity contribution in [1.29, 1.82) is 5.26 Å². The molecule has 0 saturated carbocycles. The quantitative estimate of drug-likeness (QED) is 0.376. The lowest BCUT2D eigenvalue weighted by Gasteiger charge is -2.22. The summed E-state index contributed by atoms with van der Waals surface area (Å²) in [4.78, 5) is 0.0954. The van der Waals surface area contributed by atoms with Gasteiger partial charge in [-0.05, 0) is 31.9 Å². The number of nitriles is 1. The second-order valence-corrected chi connectivity index (χ2v) is 7.08. The number of hydrogen-bond donors (Lipinski definition) is 2. The highest BCUT2D eigenvalue weighted by molar-refractivity contribution is 7.90. The van der Waals surface area contributed by atoms with E-state index >= 15 is 0 Å². The molecular weight excluding hydrogens is 314 g/mol. The van der Waals surface area contributed by atoms with Crippen LogP contribution in [0.3, 0.4) is 0 Å². The van der Waals surface area contributed by atoms with Crippen molar-refractivity contribution in [2.24, 2.45) is 4.40 Å². The molecule has 1 aromatic rings. The minimum atomic E-state index is -3.87. The molecule has 1 saturated heterocycles. The number of sulfonamides is 1. The van der Waals surface area contributed by atoms with Gasteiger partial charge in [-0.15, -0.1) is 4.40 Å². The highest BCUT2D eigenvalue weighted by Crippen LogP contribution is 2.13. The summed E-state index contributed by atoms with van der Waals surface area (Å²) in [5.74, 6) is -0.0741. The van der Waals surface area contributed by atoms with Crippen LogP contribution >= 0.6 is 0 Å². The number of rotatable bonds is 3. The number of nitrogens with zero attached hydrogens (tertiary/aromatic N) is 3. The Morgan fingerprint density at radius 1 is 1.17 bits per heavy atom. The molecule has 0 spiro atoms. The molecule has 1 heterocycles. The van der Waals surface area contributed by atoms with Gasteiger partial charge in [0, 0.05) is 13.1 Å². The SMILES string of the molecule is Cc1ccc(S(=O)(=O)/N=C(\NC#N)NN2CCCCCC2)cc1. The number of guanidine groups is 1. The van der Waals surface area contributed by atoms with Gasteiger partial charge in [0.1, 0.15) is 0 Å². The van der Waals surface area contributed by atoms with Crippen molar-refractivity contribution in [3.8, 4) is 6.19 Å². The van der Waals surface area contributed by atoms with E-state index in [-0.39, 0.29) is 10.9 Å². The van der Waals surface area contributed by atoms with Crippen LogP contribution in [0.4, 0.5) is 0 Å². The van der Waals surface area contributed by atoms with Crippen LogP contribution in [0.2, 0.25) is 0 Å². The van der Waals surface area contributed by atoms with E-state index in [4.69, 9.17) is 5.26 Å². The Morgan fingerprint density at radius 2 is 1.78 bits per heavy atom. The molecule has 2 rings (SSSR count). The molecule has 0 aromatic heterocycles. The second-order valence-electron chi connectivity index (χ2n) is 5.48. The van der Waals surface area contributed by atoms with Crippen LogP contribution in [0.15, 0.2) is 33.6 Å². The number of hydrogen-bond acceptors (Lipinski definition) is 4. The maximum absolute atomic E-state index is 12.3. The fourth-order valence-electron chi connectivity index (χ4n) is 2.34. The van der Waals surface area contributed by atoms with Crippen molar-refractivity contribution in [2.45, 2.75) is 37.5 Å². The van der Waals surface area contributed by atoms with E-state index in [0.29, 0.717) is 0 Å². The van der Waals surface area contributed by atoms with Gasteiger partial charge >= 0.3 is 0 Å². The first-order valence-electron chi connectivity index (χ1n) is 7.59. The molecule has 0 aliphatic carbocycles. The summed E-state index contributed by atoms with van der Waals surface area (Å²) >= 11 is 0. The molecule has 0 bridgehead atoms. The molecule has 1 aliphatic rings. The minimum Gasteiger partial charge on any atom is -0.287 e. The number of benzene rings is 1. The third-order valence-corrected chi connectivity index (χ3v) is 4.87. The maximum atomic E-state index is 12.3. The molecule has 124 valence electrons. The predicted molar refractivity (Wildman–Crippen MR) is 87.7 cm³/mol. The van der Waals surface area contributed by atoms with E-state index in [0.717, 1.165) is 44.3 Å². The highest BCUT2D eigenvalue weighted by Gasteiger charge is 2.16. The van der Waals surface area contributed by atoms with Crippen LogP contribution in [0.25, 0.3) is 0 Å². The summed E-state index contributed by atoms with van der Waals surface area (Å²) in [6.45, 7) is 3.46. The predicted octanol–water partition coefficient (Wildman–Crippen LogP) is 1.49. The molecule has 1 fully saturated rings. The molecule has 0 radical (unpaired) electrons. The van der Waals surface area contributed by atoms with Crippen molar-refractivity contribution in [3.63, 3.8) is 0 Å². The van der Waals surface area contributed by atoms with Crippen LogP contribution in [-0.2, 0) is 10.0 Å². The Bertz CT molecular complexity index is 684. The Kier molecular flexibility index (Phi) is 5.96. The van der Waals surface area contributed by atoms with E-state index in [1.165, 1.54) is 12.1 Å². The summed E-state index contributed by atoms with van der Waals surface area (Å²) in [7, 11) is -3.87. The number of aryl methyl sites for hydroxylation is 1. The van der Waals surface area contributed by atoms with Gasteiger partial charge in [-0.1, -0.05) is 30.5 Å². The molecule has 0 unspecified atom stereocenters. The highest BCUT2D eigenvalue weighted by atomic mass is 32.2. The van der Waals surface area contributed by atoms with Gasteiger partial charge in [0.25, 0.3) is 10.0 Å². The van der Waals surface area contributed by atoms with E-state index in [1.54, 1.807) is 18.3 Å². The van der Waals surface area contributed by atoms with Crippen molar-refractivity contribution in [3.05, 3.63) is 29.8 Å². The van der Waals surface area contributed by atoms with Crippen molar-refractivity contribution >= 4 is 16.0 Å². The lowest BCUT2D eigenvalue weighted by molar-refractivity contribution is 0.243. The van der Waals surface area contributed by atoms with Gasteiger partial charge in [0.05, 0.1) is 4.90 Å². The largest absolute Gasteiger partial charge is 0.287 e. The standard InChI is InChI=1S/C15H21N5O2S/c1-13-6-8-14(9-7-13)23(21,22)19-15(17-12-16)18-20-10-4-2-3-5-11-20/h6-9H,2-5,10-11H2,1H3,(H2,17,18,19). The lowest BCUT2D eigenvalue weighted by atomic mass is 10.2. The monoisotopic (exact) mass is 335 g/mol. The maximum Gasteiger partial charge on any atom is 0.285 e. The van der Waals surface area contributed by atoms with E-state index < -0.39 is 10.0 Å². The van der Waals surface area contributed by atoms with Crippen LogP contribution in [0.1, 0.15) is 31.2 Å². The summed E-state index contributed by atoms with van der Waals surface area (Å²) in [6, 6.07) is 6.43. The van der Waals surface area contributed by atoms with Crippen molar-refractivity contribution in [2.75, 3.05) is 13.1 Å². The Balaban J connectivity index is 2.19.